The Bertz CT molecular complexity index is 898. The monoisotopic (exact) mass is 364 g/mol. The normalized spacial score (nSPS) is 10.8. The Labute approximate surface area is 146 Å². The number of aryl methyl sites for hydroxylation is 1. The van der Waals surface area contributed by atoms with Gasteiger partial charge in [0.25, 0.3) is 5.69 Å². The van der Waals surface area contributed by atoms with Gasteiger partial charge in [0.1, 0.15) is 11.4 Å². The fourth-order valence-electron chi connectivity index (χ4n) is 2.16. The summed E-state index contributed by atoms with van der Waals surface area (Å²) in [7, 11) is 0. The summed E-state index contributed by atoms with van der Waals surface area (Å²) in [6, 6.07) is 4.62. The number of nitro groups is 2. The van der Waals surface area contributed by atoms with Crippen molar-refractivity contribution in [2.24, 2.45) is 5.10 Å². The molecule has 2 N–H and O–H groups in total. The Morgan fingerprint density at radius 2 is 1.88 bits per heavy atom. The van der Waals surface area contributed by atoms with Crippen molar-refractivity contribution >= 4 is 34.9 Å². The van der Waals surface area contributed by atoms with Crippen LogP contribution in [0.3, 0.4) is 0 Å². The molecule has 0 radical (unpaired) electrons. The van der Waals surface area contributed by atoms with Gasteiger partial charge in [-0.05, 0) is 37.1 Å². The maximum absolute atomic E-state index is 11.1. The molecule has 2 rings (SSSR count). The number of rotatable bonds is 5. The molecular formula is C15H13ClN4O5. The molecule has 0 spiro atoms. The Morgan fingerprint density at radius 3 is 2.48 bits per heavy atom. The zero-order valence-electron chi connectivity index (χ0n) is 13.2. The molecule has 10 heteroatoms. The lowest BCUT2D eigenvalue weighted by Crippen LogP contribution is -1.99. The van der Waals surface area contributed by atoms with E-state index in [-0.39, 0.29) is 11.4 Å². The number of nitro benzene ring substituents is 2. The molecule has 0 heterocycles. The zero-order valence-corrected chi connectivity index (χ0v) is 13.9. The molecule has 0 aliphatic heterocycles. The van der Waals surface area contributed by atoms with Gasteiger partial charge in [0.05, 0.1) is 22.1 Å². The average Bonchev–Trinajstić information content (AvgIpc) is 2.55. The van der Waals surface area contributed by atoms with Crippen molar-refractivity contribution in [3.05, 3.63) is 66.2 Å². The highest BCUT2D eigenvalue weighted by Gasteiger charge is 2.19. The molecule has 0 amide bonds. The van der Waals surface area contributed by atoms with Gasteiger partial charge in [-0.3, -0.25) is 25.7 Å². The van der Waals surface area contributed by atoms with Gasteiger partial charge in [-0.15, -0.1) is 0 Å². The molecule has 2 aromatic rings. The van der Waals surface area contributed by atoms with E-state index in [0.717, 1.165) is 12.1 Å². The molecule has 130 valence electrons. The van der Waals surface area contributed by atoms with E-state index >= 15 is 0 Å². The Hall–Kier alpha value is -3.20. The van der Waals surface area contributed by atoms with Crippen molar-refractivity contribution < 1.29 is 15.0 Å². The molecule has 0 unspecified atom stereocenters. The Balaban J connectivity index is 2.33. The summed E-state index contributed by atoms with van der Waals surface area (Å²) in [6.07, 6.45) is 1.27. The first-order valence-electron chi connectivity index (χ1n) is 6.93. The van der Waals surface area contributed by atoms with Crippen LogP contribution in [0, 0.1) is 34.1 Å². The van der Waals surface area contributed by atoms with E-state index in [9.17, 15) is 25.3 Å². The SMILES string of the molecule is Cc1cc(O)c(C=NNc2ccc([N+](=O)[O-])cc2[N+](=O)[O-])c(C)c1Cl. The number of phenolic OH excluding ortho intramolecular Hbond substituents is 1. The zero-order chi connectivity index (χ0) is 18.7. The first-order chi connectivity index (χ1) is 11.7. The summed E-state index contributed by atoms with van der Waals surface area (Å²) in [5, 5.41) is 36.1. The number of hydrazone groups is 1. The van der Waals surface area contributed by atoms with Crippen LogP contribution in [0.5, 0.6) is 5.75 Å². The fraction of sp³-hybridized carbons (Fsp3) is 0.133. The highest BCUT2D eigenvalue weighted by molar-refractivity contribution is 6.32. The summed E-state index contributed by atoms with van der Waals surface area (Å²) >= 11 is 6.12. The van der Waals surface area contributed by atoms with Gasteiger partial charge in [-0.25, -0.2) is 0 Å². The van der Waals surface area contributed by atoms with Crippen molar-refractivity contribution in [1.29, 1.82) is 0 Å². The van der Waals surface area contributed by atoms with Crippen molar-refractivity contribution in [1.82, 2.24) is 0 Å². The quantitative estimate of drug-likeness (QED) is 0.469. The molecule has 25 heavy (non-hydrogen) atoms. The molecule has 0 bridgehead atoms. The highest BCUT2D eigenvalue weighted by Crippen LogP contribution is 2.31. The minimum absolute atomic E-state index is 0.0257. The van der Waals surface area contributed by atoms with Crippen LogP contribution in [-0.4, -0.2) is 21.2 Å². The summed E-state index contributed by atoms with van der Waals surface area (Å²) in [5.74, 6) is -0.0388. The number of nitrogens with zero attached hydrogens (tertiary/aromatic N) is 3. The summed E-state index contributed by atoms with van der Waals surface area (Å²) < 4.78 is 0. The second-order valence-electron chi connectivity index (χ2n) is 5.15. The molecule has 2 aromatic carbocycles. The van der Waals surface area contributed by atoms with Crippen LogP contribution in [0.2, 0.25) is 5.02 Å². The first-order valence-corrected chi connectivity index (χ1v) is 7.30. The number of hydrogen-bond acceptors (Lipinski definition) is 7. The standard InChI is InChI=1S/C15H13ClN4O5/c1-8-5-14(21)11(9(2)15(8)16)7-17-18-12-4-3-10(19(22)23)6-13(12)20(24)25/h3-7,18,21H,1-2H3. The van der Waals surface area contributed by atoms with Crippen LogP contribution >= 0.6 is 11.6 Å². The second-order valence-corrected chi connectivity index (χ2v) is 5.53. The molecule has 9 nitrogen and oxygen atoms in total. The minimum Gasteiger partial charge on any atom is -0.507 e. The maximum atomic E-state index is 11.1. The van der Waals surface area contributed by atoms with E-state index in [2.05, 4.69) is 10.5 Å². The van der Waals surface area contributed by atoms with E-state index in [1.54, 1.807) is 13.8 Å². The lowest BCUT2D eigenvalue weighted by Gasteiger charge is -2.09. The predicted octanol–water partition coefficient (Wildman–Crippen LogP) is 3.92. The lowest BCUT2D eigenvalue weighted by molar-refractivity contribution is -0.393. The topological polar surface area (TPSA) is 131 Å². The molecule has 0 saturated carbocycles. The Kier molecular flexibility index (Phi) is 5.18. The summed E-state index contributed by atoms with van der Waals surface area (Å²) in [5.41, 5.74) is 3.18. The van der Waals surface area contributed by atoms with Crippen molar-refractivity contribution in [2.45, 2.75) is 13.8 Å². The number of anilines is 1. The van der Waals surface area contributed by atoms with Gasteiger partial charge in [0, 0.05) is 16.7 Å². The van der Waals surface area contributed by atoms with Crippen LogP contribution in [0.15, 0.2) is 29.4 Å². The molecule has 0 aromatic heterocycles. The van der Waals surface area contributed by atoms with Crippen molar-refractivity contribution in [3.63, 3.8) is 0 Å². The van der Waals surface area contributed by atoms with Crippen LogP contribution in [0.25, 0.3) is 0 Å². The molecule has 0 aliphatic carbocycles. The van der Waals surface area contributed by atoms with Crippen LogP contribution in [-0.2, 0) is 0 Å². The Morgan fingerprint density at radius 1 is 1.20 bits per heavy atom. The average molecular weight is 365 g/mol. The van der Waals surface area contributed by atoms with E-state index < -0.39 is 21.2 Å². The number of halogens is 1. The van der Waals surface area contributed by atoms with E-state index in [1.807, 2.05) is 0 Å². The van der Waals surface area contributed by atoms with Crippen molar-refractivity contribution in [3.8, 4) is 5.75 Å². The number of hydrogen-bond donors (Lipinski definition) is 2. The fourth-order valence-corrected chi connectivity index (χ4v) is 2.32. The van der Waals surface area contributed by atoms with Gasteiger partial charge in [0.2, 0.25) is 0 Å². The smallest absolute Gasteiger partial charge is 0.301 e. The van der Waals surface area contributed by atoms with Gasteiger partial charge in [-0.2, -0.15) is 5.10 Å². The summed E-state index contributed by atoms with van der Waals surface area (Å²) in [4.78, 5) is 20.3. The third kappa shape index (κ3) is 3.83. The van der Waals surface area contributed by atoms with E-state index in [1.165, 1.54) is 18.3 Å². The summed E-state index contributed by atoms with van der Waals surface area (Å²) in [6.45, 7) is 3.44. The van der Waals surface area contributed by atoms with Gasteiger partial charge in [-0.1, -0.05) is 11.6 Å². The predicted molar refractivity (Wildman–Crippen MR) is 93.6 cm³/mol. The van der Waals surface area contributed by atoms with Gasteiger partial charge in [0.15, 0.2) is 0 Å². The van der Waals surface area contributed by atoms with Crippen LogP contribution in [0.1, 0.15) is 16.7 Å². The van der Waals surface area contributed by atoms with Gasteiger partial charge >= 0.3 is 5.69 Å². The highest BCUT2D eigenvalue weighted by atomic mass is 35.5. The molecule has 0 saturated heterocycles. The number of phenols is 1. The minimum atomic E-state index is -0.754. The van der Waals surface area contributed by atoms with E-state index in [0.29, 0.717) is 21.7 Å². The third-order valence-electron chi connectivity index (χ3n) is 3.48. The lowest BCUT2D eigenvalue weighted by atomic mass is 10.1. The van der Waals surface area contributed by atoms with Gasteiger partial charge < -0.3 is 5.11 Å². The van der Waals surface area contributed by atoms with Crippen LogP contribution < -0.4 is 5.43 Å². The van der Waals surface area contributed by atoms with E-state index in [4.69, 9.17) is 11.6 Å². The van der Waals surface area contributed by atoms with Crippen LogP contribution in [0.4, 0.5) is 17.1 Å². The number of aromatic hydroxyl groups is 1. The second kappa shape index (κ2) is 7.14. The first kappa shape index (κ1) is 18.1. The maximum Gasteiger partial charge on any atom is 0.301 e. The molecule has 0 atom stereocenters. The molecule has 0 aliphatic rings. The third-order valence-corrected chi connectivity index (χ3v) is 4.06. The largest absolute Gasteiger partial charge is 0.507 e. The number of benzene rings is 2. The molecule has 0 fully saturated rings. The molecular weight excluding hydrogens is 352 g/mol. The number of nitrogens with one attached hydrogen (secondary N) is 1. The van der Waals surface area contributed by atoms with Crippen molar-refractivity contribution in [2.75, 3.05) is 5.43 Å². The number of non-ortho nitro benzene ring substituents is 1.